The van der Waals surface area contributed by atoms with E-state index in [9.17, 15) is 13.6 Å². The number of oxime groups is 1. The summed E-state index contributed by atoms with van der Waals surface area (Å²) in [6.45, 7) is -0.316. The van der Waals surface area contributed by atoms with E-state index in [1.165, 1.54) is 11.6 Å². The van der Waals surface area contributed by atoms with E-state index >= 15 is 0 Å². The molecule has 0 radical (unpaired) electrons. The van der Waals surface area contributed by atoms with E-state index in [2.05, 4.69) is 16.5 Å². The number of aryl methyl sites for hydroxylation is 1. The first-order valence-electron chi connectivity index (χ1n) is 8.32. The molecule has 1 amide bonds. The molecule has 5 nitrogen and oxygen atoms in total. The predicted octanol–water partition coefficient (Wildman–Crippen LogP) is 2.80. The Kier molecular flexibility index (Phi) is 5.46. The second-order valence-corrected chi connectivity index (χ2v) is 6.09. The molecule has 0 aromatic heterocycles. The largest absolute Gasteiger partial charge is 0.384 e. The molecule has 0 saturated heterocycles. The number of amidine groups is 1. The lowest BCUT2D eigenvalue weighted by Crippen LogP contribution is -2.33. The maximum Gasteiger partial charge on any atom is 0.261 e. The summed E-state index contributed by atoms with van der Waals surface area (Å²) < 4.78 is 26.1. The Bertz CT molecular complexity index is 839. The van der Waals surface area contributed by atoms with Gasteiger partial charge in [-0.25, -0.2) is 8.78 Å². The summed E-state index contributed by atoms with van der Waals surface area (Å²) in [5.41, 5.74) is 8.19. The molecule has 0 spiro atoms. The summed E-state index contributed by atoms with van der Waals surface area (Å²) in [5, 5.41) is 6.51. The van der Waals surface area contributed by atoms with Gasteiger partial charge in [-0.05, 0) is 48.6 Å². The Morgan fingerprint density at radius 1 is 1.23 bits per heavy atom. The molecule has 26 heavy (non-hydrogen) atoms. The van der Waals surface area contributed by atoms with Gasteiger partial charge in [-0.1, -0.05) is 29.4 Å². The molecule has 0 heterocycles. The fourth-order valence-electron chi connectivity index (χ4n) is 3.01. The van der Waals surface area contributed by atoms with Crippen LogP contribution in [-0.4, -0.2) is 18.3 Å². The molecule has 2 aromatic carbocycles. The van der Waals surface area contributed by atoms with E-state index in [1.807, 2.05) is 18.2 Å². The van der Waals surface area contributed by atoms with Crippen LogP contribution in [0.1, 0.15) is 35.6 Å². The SMILES string of the molecule is N/C(=N\OCC(=O)NC1CCCc2ccccc21)c1ccc(F)c(F)c1. The van der Waals surface area contributed by atoms with Crippen molar-refractivity contribution in [1.29, 1.82) is 0 Å². The van der Waals surface area contributed by atoms with E-state index in [1.54, 1.807) is 0 Å². The van der Waals surface area contributed by atoms with Crippen LogP contribution in [0.15, 0.2) is 47.6 Å². The van der Waals surface area contributed by atoms with E-state index in [4.69, 9.17) is 10.6 Å². The summed E-state index contributed by atoms with van der Waals surface area (Å²) in [6, 6.07) is 11.1. The number of hydrogen-bond acceptors (Lipinski definition) is 3. The Labute approximate surface area is 149 Å². The van der Waals surface area contributed by atoms with Gasteiger partial charge in [0.1, 0.15) is 0 Å². The normalized spacial score (nSPS) is 16.7. The van der Waals surface area contributed by atoms with Gasteiger partial charge in [0.25, 0.3) is 5.91 Å². The topological polar surface area (TPSA) is 76.7 Å². The first kappa shape index (κ1) is 17.8. The zero-order chi connectivity index (χ0) is 18.5. The lowest BCUT2D eigenvalue weighted by atomic mass is 9.88. The number of nitrogens with one attached hydrogen (secondary N) is 1. The maximum absolute atomic E-state index is 13.2. The Balaban J connectivity index is 1.55. The van der Waals surface area contributed by atoms with Crippen molar-refractivity contribution < 1.29 is 18.4 Å². The number of amides is 1. The number of hydrogen-bond donors (Lipinski definition) is 2. The van der Waals surface area contributed by atoms with Gasteiger partial charge in [0.15, 0.2) is 24.1 Å². The fourth-order valence-corrected chi connectivity index (χ4v) is 3.01. The number of carbonyl (C=O) groups excluding carboxylic acids is 1. The molecule has 7 heteroatoms. The minimum atomic E-state index is -1.03. The summed E-state index contributed by atoms with van der Waals surface area (Å²) in [5.74, 6) is -2.47. The molecule has 136 valence electrons. The van der Waals surface area contributed by atoms with Crippen molar-refractivity contribution in [3.05, 3.63) is 70.8 Å². The minimum absolute atomic E-state index is 0.0522. The number of carbonyl (C=O) groups is 1. The second-order valence-electron chi connectivity index (χ2n) is 6.09. The van der Waals surface area contributed by atoms with Crippen molar-refractivity contribution in [2.75, 3.05) is 6.61 Å². The van der Waals surface area contributed by atoms with E-state index < -0.39 is 11.6 Å². The summed E-state index contributed by atoms with van der Waals surface area (Å²) in [7, 11) is 0. The number of benzene rings is 2. The van der Waals surface area contributed by atoms with E-state index in [0.29, 0.717) is 0 Å². The predicted molar refractivity (Wildman–Crippen MR) is 93.3 cm³/mol. The molecular formula is C19H19F2N3O2. The average Bonchev–Trinajstić information content (AvgIpc) is 2.64. The van der Waals surface area contributed by atoms with Gasteiger partial charge in [0.2, 0.25) is 0 Å². The molecule has 0 bridgehead atoms. The van der Waals surface area contributed by atoms with Gasteiger partial charge in [0, 0.05) is 5.56 Å². The lowest BCUT2D eigenvalue weighted by molar-refractivity contribution is -0.126. The summed E-state index contributed by atoms with van der Waals surface area (Å²) in [6.07, 6.45) is 2.88. The van der Waals surface area contributed by atoms with Crippen molar-refractivity contribution in [3.8, 4) is 0 Å². The molecule has 0 saturated carbocycles. The zero-order valence-corrected chi connectivity index (χ0v) is 14.0. The highest BCUT2D eigenvalue weighted by Crippen LogP contribution is 2.29. The van der Waals surface area contributed by atoms with Gasteiger partial charge in [-0.2, -0.15) is 0 Å². The van der Waals surface area contributed by atoms with Crippen LogP contribution in [0.2, 0.25) is 0 Å². The fraction of sp³-hybridized carbons (Fsp3) is 0.263. The average molecular weight is 359 g/mol. The molecule has 3 N–H and O–H groups in total. The summed E-state index contributed by atoms with van der Waals surface area (Å²) >= 11 is 0. The second kappa shape index (κ2) is 7.95. The number of nitrogens with two attached hydrogens (primary N) is 1. The third kappa shape index (κ3) is 4.17. The highest BCUT2D eigenvalue weighted by molar-refractivity contribution is 5.97. The van der Waals surface area contributed by atoms with Crippen LogP contribution in [0.3, 0.4) is 0 Å². The lowest BCUT2D eigenvalue weighted by Gasteiger charge is -2.26. The highest BCUT2D eigenvalue weighted by Gasteiger charge is 2.21. The Morgan fingerprint density at radius 3 is 2.85 bits per heavy atom. The first-order chi connectivity index (χ1) is 12.5. The van der Waals surface area contributed by atoms with Crippen LogP contribution in [0.4, 0.5) is 8.78 Å². The van der Waals surface area contributed by atoms with Crippen molar-refractivity contribution in [1.82, 2.24) is 5.32 Å². The number of fused-ring (bicyclic) bond motifs is 1. The smallest absolute Gasteiger partial charge is 0.261 e. The Morgan fingerprint density at radius 2 is 2.04 bits per heavy atom. The molecule has 0 aliphatic heterocycles. The van der Waals surface area contributed by atoms with E-state index in [-0.39, 0.29) is 30.0 Å². The van der Waals surface area contributed by atoms with Crippen LogP contribution >= 0.6 is 0 Å². The molecular weight excluding hydrogens is 340 g/mol. The zero-order valence-electron chi connectivity index (χ0n) is 14.0. The first-order valence-corrected chi connectivity index (χ1v) is 8.32. The van der Waals surface area contributed by atoms with Crippen molar-refractivity contribution in [2.45, 2.75) is 25.3 Å². The van der Waals surface area contributed by atoms with E-state index in [0.717, 1.165) is 37.0 Å². The highest BCUT2D eigenvalue weighted by atomic mass is 19.2. The van der Waals surface area contributed by atoms with Gasteiger partial charge in [-0.3, -0.25) is 4.79 Å². The maximum atomic E-state index is 13.2. The molecule has 1 unspecified atom stereocenters. The van der Waals surface area contributed by atoms with Crippen LogP contribution in [-0.2, 0) is 16.1 Å². The summed E-state index contributed by atoms with van der Waals surface area (Å²) in [4.78, 5) is 17.0. The number of nitrogens with zero attached hydrogens (tertiary/aromatic N) is 1. The van der Waals surface area contributed by atoms with Crippen LogP contribution < -0.4 is 11.1 Å². The van der Waals surface area contributed by atoms with Crippen LogP contribution in [0.5, 0.6) is 0 Å². The van der Waals surface area contributed by atoms with Gasteiger partial charge >= 0.3 is 0 Å². The standard InChI is InChI=1S/C19H19F2N3O2/c20-15-9-8-13(10-16(15)21)19(22)24-26-11-18(25)23-17-7-3-5-12-4-1-2-6-14(12)17/h1-2,4,6,8-10,17H,3,5,7,11H2,(H2,22,24)(H,23,25). The van der Waals surface area contributed by atoms with Crippen molar-refractivity contribution in [2.24, 2.45) is 10.9 Å². The molecule has 1 aliphatic carbocycles. The quantitative estimate of drug-likeness (QED) is 0.490. The number of halogens is 2. The van der Waals surface area contributed by atoms with Crippen LogP contribution in [0, 0.1) is 11.6 Å². The molecule has 2 aromatic rings. The van der Waals surface area contributed by atoms with Crippen molar-refractivity contribution >= 4 is 11.7 Å². The van der Waals surface area contributed by atoms with Gasteiger partial charge in [0.05, 0.1) is 6.04 Å². The monoisotopic (exact) mass is 359 g/mol. The number of rotatable bonds is 5. The van der Waals surface area contributed by atoms with Gasteiger partial charge < -0.3 is 15.9 Å². The molecule has 0 fully saturated rings. The van der Waals surface area contributed by atoms with Crippen molar-refractivity contribution in [3.63, 3.8) is 0 Å². The molecule has 3 rings (SSSR count). The third-order valence-electron chi connectivity index (χ3n) is 4.28. The van der Waals surface area contributed by atoms with Crippen LogP contribution in [0.25, 0.3) is 0 Å². The van der Waals surface area contributed by atoms with Gasteiger partial charge in [-0.15, -0.1) is 0 Å². The minimum Gasteiger partial charge on any atom is -0.384 e. The Hall–Kier alpha value is -2.96. The third-order valence-corrected chi connectivity index (χ3v) is 4.28. The molecule has 1 atom stereocenters. The molecule has 1 aliphatic rings.